The van der Waals surface area contributed by atoms with Crippen LogP contribution in [0, 0.1) is 0 Å². The van der Waals surface area contributed by atoms with E-state index in [0.717, 1.165) is 13.1 Å². The van der Waals surface area contributed by atoms with Crippen molar-refractivity contribution in [3.63, 3.8) is 0 Å². The molecule has 0 saturated heterocycles. The van der Waals surface area contributed by atoms with Crippen molar-refractivity contribution in [3.05, 3.63) is 60.7 Å². The molecule has 0 aliphatic carbocycles. The normalized spacial score (nSPS) is 10.5. The number of para-hydroxylation sites is 2. The molecule has 132 valence electrons. The number of phosphoric acid groups is 1. The van der Waals surface area contributed by atoms with Gasteiger partial charge in [0.15, 0.2) is 0 Å². The van der Waals surface area contributed by atoms with Gasteiger partial charge in [-0.1, -0.05) is 36.4 Å². The van der Waals surface area contributed by atoms with Crippen LogP contribution in [-0.2, 0) is 4.57 Å². The fraction of sp³-hybridized carbons (Fsp3) is 0.250. The van der Waals surface area contributed by atoms with Crippen molar-refractivity contribution in [2.45, 2.75) is 0 Å². The zero-order chi connectivity index (χ0) is 17.7. The molecule has 0 amide bonds. The number of rotatable bonds is 8. The summed E-state index contributed by atoms with van der Waals surface area (Å²) >= 11 is 10.7. The van der Waals surface area contributed by atoms with Crippen LogP contribution in [0.3, 0.4) is 0 Å². The quantitative estimate of drug-likeness (QED) is 0.398. The minimum Gasteiger partial charge on any atom is -0.395 e. The Morgan fingerprint density at radius 3 is 1.54 bits per heavy atom. The van der Waals surface area contributed by atoms with Crippen molar-refractivity contribution in [3.8, 4) is 11.5 Å². The van der Waals surface area contributed by atoms with Gasteiger partial charge in [0.1, 0.15) is 11.5 Å². The Balaban J connectivity index is 0.000000351. The first-order valence-electron chi connectivity index (χ1n) is 7.22. The Bertz CT molecular complexity index is 552. The lowest BCUT2D eigenvalue weighted by molar-refractivity contribution is 0.291. The Labute approximate surface area is 152 Å². The maximum absolute atomic E-state index is 11.7. The summed E-state index contributed by atoms with van der Waals surface area (Å²) in [7, 11) is -4.14. The summed E-state index contributed by atoms with van der Waals surface area (Å²) in [6.07, 6.45) is 0. The van der Waals surface area contributed by atoms with E-state index in [4.69, 9.17) is 32.2 Å². The summed E-state index contributed by atoms with van der Waals surface area (Å²) in [5.41, 5.74) is 0. The van der Waals surface area contributed by atoms with Crippen molar-refractivity contribution in [2.75, 3.05) is 24.8 Å². The SMILES string of the molecule is ClCCNCCCl.O=P(O)(Oc1ccccc1)Oc1ccccc1. The molecule has 0 aliphatic heterocycles. The van der Waals surface area contributed by atoms with Gasteiger partial charge in [0.2, 0.25) is 0 Å². The standard InChI is InChI=1S/C12H11O4P.C4H9Cl2N/c13-17(14,15-11-7-3-1-4-8-11)16-12-9-5-2-6-10-12;5-1-3-7-4-2-6/h1-10H,(H,13,14);7H,1-4H2. The van der Waals surface area contributed by atoms with Crippen LogP contribution in [0.15, 0.2) is 60.7 Å². The van der Waals surface area contributed by atoms with Gasteiger partial charge in [-0.2, -0.15) is 0 Å². The first kappa shape index (κ1) is 20.8. The predicted molar refractivity (Wildman–Crippen MR) is 98.3 cm³/mol. The van der Waals surface area contributed by atoms with Crippen LogP contribution in [0.2, 0.25) is 0 Å². The maximum Gasteiger partial charge on any atom is 0.584 e. The van der Waals surface area contributed by atoms with Gasteiger partial charge in [0.05, 0.1) is 0 Å². The van der Waals surface area contributed by atoms with Crippen LogP contribution >= 0.6 is 31.0 Å². The van der Waals surface area contributed by atoms with Gasteiger partial charge in [-0.05, 0) is 24.3 Å². The number of hydrogen-bond acceptors (Lipinski definition) is 4. The van der Waals surface area contributed by atoms with Gasteiger partial charge in [0, 0.05) is 24.8 Å². The van der Waals surface area contributed by atoms with Crippen molar-refractivity contribution in [2.24, 2.45) is 0 Å². The second-order valence-electron chi connectivity index (χ2n) is 4.41. The van der Waals surface area contributed by atoms with Crippen molar-refractivity contribution >= 4 is 31.0 Å². The van der Waals surface area contributed by atoms with Gasteiger partial charge in [-0.15, -0.1) is 23.2 Å². The van der Waals surface area contributed by atoms with Crippen LogP contribution in [0.25, 0.3) is 0 Å². The molecule has 0 spiro atoms. The molecule has 5 nitrogen and oxygen atoms in total. The molecule has 0 atom stereocenters. The van der Waals surface area contributed by atoms with Gasteiger partial charge in [-0.3, -0.25) is 4.89 Å². The third kappa shape index (κ3) is 9.81. The molecule has 2 rings (SSSR count). The van der Waals surface area contributed by atoms with E-state index >= 15 is 0 Å². The number of phosphoric ester groups is 1. The van der Waals surface area contributed by atoms with Crippen LogP contribution in [0.1, 0.15) is 0 Å². The second kappa shape index (κ2) is 12.2. The van der Waals surface area contributed by atoms with Crippen molar-refractivity contribution in [1.29, 1.82) is 0 Å². The molecule has 0 unspecified atom stereocenters. The van der Waals surface area contributed by atoms with Gasteiger partial charge < -0.3 is 14.4 Å². The number of halogens is 2. The van der Waals surface area contributed by atoms with E-state index in [-0.39, 0.29) is 11.5 Å². The largest absolute Gasteiger partial charge is 0.584 e. The summed E-state index contributed by atoms with van der Waals surface area (Å²) in [6, 6.07) is 16.7. The summed E-state index contributed by atoms with van der Waals surface area (Å²) in [6.45, 7) is 1.71. The lowest BCUT2D eigenvalue weighted by Gasteiger charge is -2.13. The van der Waals surface area contributed by atoms with E-state index in [1.54, 1.807) is 60.7 Å². The van der Waals surface area contributed by atoms with Crippen LogP contribution < -0.4 is 14.4 Å². The third-order valence-corrected chi connectivity index (χ3v) is 3.73. The molecule has 2 N–H and O–H groups in total. The molecule has 2 aromatic carbocycles. The average molecular weight is 392 g/mol. The summed E-state index contributed by atoms with van der Waals surface area (Å²) in [5.74, 6) is 1.90. The molecule has 0 radical (unpaired) electrons. The molecule has 0 bridgehead atoms. The predicted octanol–water partition coefficient (Wildman–Crippen LogP) is 4.30. The van der Waals surface area contributed by atoms with E-state index in [9.17, 15) is 9.46 Å². The summed E-state index contributed by atoms with van der Waals surface area (Å²) in [4.78, 5) is 9.53. The number of hydrogen-bond donors (Lipinski definition) is 2. The monoisotopic (exact) mass is 391 g/mol. The topological polar surface area (TPSA) is 67.8 Å². The van der Waals surface area contributed by atoms with Gasteiger partial charge in [-0.25, -0.2) is 4.57 Å². The number of benzene rings is 2. The van der Waals surface area contributed by atoms with E-state index in [0.29, 0.717) is 11.8 Å². The minimum absolute atomic E-state index is 0.286. The molecule has 0 heterocycles. The first-order chi connectivity index (χ1) is 11.6. The molecular formula is C16H20Cl2NO4P. The van der Waals surface area contributed by atoms with Crippen LogP contribution in [0.4, 0.5) is 0 Å². The lowest BCUT2D eigenvalue weighted by Crippen LogP contribution is -2.18. The first-order valence-corrected chi connectivity index (χ1v) is 9.78. The zero-order valence-electron chi connectivity index (χ0n) is 13.0. The van der Waals surface area contributed by atoms with Crippen molar-refractivity contribution in [1.82, 2.24) is 5.32 Å². The second-order valence-corrected chi connectivity index (χ2v) is 6.46. The fourth-order valence-corrected chi connectivity index (χ4v) is 2.59. The Morgan fingerprint density at radius 1 is 0.833 bits per heavy atom. The van der Waals surface area contributed by atoms with Gasteiger partial charge in [0.25, 0.3) is 0 Å². The maximum atomic E-state index is 11.7. The summed E-state index contributed by atoms with van der Waals surface area (Å²) < 4.78 is 21.5. The average Bonchev–Trinajstić information content (AvgIpc) is 2.57. The highest BCUT2D eigenvalue weighted by Gasteiger charge is 2.24. The molecule has 0 fully saturated rings. The van der Waals surface area contributed by atoms with E-state index in [2.05, 4.69) is 5.32 Å². The Hall–Kier alpha value is -1.23. The van der Waals surface area contributed by atoms with Crippen molar-refractivity contribution < 1.29 is 18.5 Å². The fourth-order valence-electron chi connectivity index (χ4n) is 1.51. The highest BCUT2D eigenvalue weighted by atomic mass is 35.5. The van der Waals surface area contributed by atoms with Crippen LogP contribution in [0.5, 0.6) is 11.5 Å². The zero-order valence-corrected chi connectivity index (χ0v) is 15.4. The highest BCUT2D eigenvalue weighted by Crippen LogP contribution is 2.43. The Morgan fingerprint density at radius 2 is 1.21 bits per heavy atom. The molecule has 0 aliphatic rings. The van der Waals surface area contributed by atoms with Gasteiger partial charge >= 0.3 is 7.82 Å². The number of nitrogens with one attached hydrogen (secondary N) is 1. The van der Waals surface area contributed by atoms with E-state index in [1.807, 2.05) is 0 Å². The lowest BCUT2D eigenvalue weighted by atomic mass is 10.3. The molecule has 8 heteroatoms. The molecule has 0 aromatic heterocycles. The van der Waals surface area contributed by atoms with E-state index in [1.165, 1.54) is 0 Å². The third-order valence-electron chi connectivity index (χ3n) is 2.47. The van der Waals surface area contributed by atoms with E-state index < -0.39 is 7.82 Å². The molecule has 24 heavy (non-hydrogen) atoms. The number of alkyl halides is 2. The highest BCUT2D eigenvalue weighted by molar-refractivity contribution is 7.48. The smallest absolute Gasteiger partial charge is 0.395 e. The van der Waals surface area contributed by atoms with Crippen LogP contribution in [-0.4, -0.2) is 29.7 Å². The molecule has 0 saturated carbocycles. The Kier molecular flexibility index (Phi) is 10.6. The molecular weight excluding hydrogens is 372 g/mol. The summed E-state index contributed by atoms with van der Waals surface area (Å²) in [5, 5.41) is 3.02. The minimum atomic E-state index is -4.14. The molecule has 2 aromatic rings.